The van der Waals surface area contributed by atoms with Gasteiger partial charge in [0.15, 0.2) is 5.96 Å². The van der Waals surface area contributed by atoms with E-state index in [1.54, 1.807) is 0 Å². The molecule has 1 rings (SSSR count). The monoisotopic (exact) mass is 426 g/mol. The second kappa shape index (κ2) is 12.0. The summed E-state index contributed by atoms with van der Waals surface area (Å²) in [6.07, 6.45) is 2.43. The molecule has 0 saturated carbocycles. The molecule has 14 nitrogen and oxygen atoms in total. The molecule has 0 saturated heterocycles. The number of carbonyl (C=O) groups is 4. The van der Waals surface area contributed by atoms with Crippen molar-refractivity contribution in [3.05, 3.63) is 18.2 Å². The Balaban J connectivity index is 2.72. The Morgan fingerprint density at radius 1 is 1.13 bits per heavy atom. The van der Waals surface area contributed by atoms with E-state index in [1.807, 2.05) is 0 Å². The Hall–Kier alpha value is -3.68. The summed E-state index contributed by atoms with van der Waals surface area (Å²) in [5, 5.41) is 22.8. The number of nitrogens with two attached hydrogens (primary N) is 3. The third-order valence-electron chi connectivity index (χ3n) is 3.91. The third-order valence-corrected chi connectivity index (χ3v) is 3.91. The van der Waals surface area contributed by atoms with Gasteiger partial charge in [0.25, 0.3) is 0 Å². The van der Waals surface area contributed by atoms with Gasteiger partial charge in [-0.3, -0.25) is 19.4 Å². The number of aliphatic imine (C=N–C) groups is 1. The van der Waals surface area contributed by atoms with E-state index in [0.717, 1.165) is 0 Å². The largest absolute Gasteiger partial charge is 0.481 e. The molecule has 14 heteroatoms. The SMILES string of the molecule is NC(N)=NCCCC(N)C(=O)NC(CC(=O)O)C(=O)NC(Cc1cnc[nH]1)C(=O)O. The molecule has 0 spiro atoms. The molecular weight excluding hydrogens is 400 g/mol. The van der Waals surface area contributed by atoms with E-state index in [-0.39, 0.29) is 25.3 Å². The van der Waals surface area contributed by atoms with E-state index in [9.17, 15) is 24.3 Å². The number of nitrogens with zero attached hydrogens (tertiary/aromatic N) is 2. The lowest BCUT2D eigenvalue weighted by molar-refractivity contribution is -0.143. The highest BCUT2D eigenvalue weighted by atomic mass is 16.4. The molecule has 3 unspecified atom stereocenters. The van der Waals surface area contributed by atoms with E-state index in [1.165, 1.54) is 12.5 Å². The number of nitrogens with one attached hydrogen (secondary N) is 3. The Morgan fingerprint density at radius 3 is 2.33 bits per heavy atom. The lowest BCUT2D eigenvalue weighted by Crippen LogP contribution is -2.55. The van der Waals surface area contributed by atoms with E-state index < -0.39 is 48.3 Å². The van der Waals surface area contributed by atoms with Crippen molar-refractivity contribution < 1.29 is 29.4 Å². The first-order chi connectivity index (χ1) is 14.1. The molecule has 0 aliphatic rings. The van der Waals surface area contributed by atoms with Gasteiger partial charge in [-0.1, -0.05) is 0 Å². The highest BCUT2D eigenvalue weighted by molar-refractivity contribution is 5.93. The number of guanidine groups is 1. The van der Waals surface area contributed by atoms with Crippen LogP contribution in [0.4, 0.5) is 0 Å². The highest BCUT2D eigenvalue weighted by Crippen LogP contribution is 2.03. The zero-order valence-corrected chi connectivity index (χ0v) is 16.1. The fourth-order valence-corrected chi connectivity index (χ4v) is 2.40. The van der Waals surface area contributed by atoms with Gasteiger partial charge in [-0.2, -0.15) is 0 Å². The van der Waals surface area contributed by atoms with Crippen LogP contribution in [0.2, 0.25) is 0 Å². The van der Waals surface area contributed by atoms with Gasteiger partial charge in [0.1, 0.15) is 12.1 Å². The minimum Gasteiger partial charge on any atom is -0.481 e. The Kier molecular flexibility index (Phi) is 9.75. The van der Waals surface area contributed by atoms with Crippen molar-refractivity contribution in [3.63, 3.8) is 0 Å². The van der Waals surface area contributed by atoms with Crippen LogP contribution < -0.4 is 27.8 Å². The van der Waals surface area contributed by atoms with Crippen molar-refractivity contribution in [2.24, 2.45) is 22.2 Å². The summed E-state index contributed by atoms with van der Waals surface area (Å²) < 4.78 is 0. The number of rotatable bonds is 13. The van der Waals surface area contributed by atoms with Crippen molar-refractivity contribution in [1.82, 2.24) is 20.6 Å². The Bertz CT molecular complexity index is 762. The van der Waals surface area contributed by atoms with Crippen LogP contribution in [0, 0.1) is 0 Å². The van der Waals surface area contributed by atoms with Crippen molar-refractivity contribution in [3.8, 4) is 0 Å². The Labute approximate surface area is 171 Å². The fraction of sp³-hybridized carbons (Fsp3) is 0.500. The molecule has 166 valence electrons. The average molecular weight is 426 g/mol. The summed E-state index contributed by atoms with van der Waals surface area (Å²) in [5.41, 5.74) is 16.6. The summed E-state index contributed by atoms with van der Waals surface area (Å²) in [7, 11) is 0. The van der Waals surface area contributed by atoms with E-state index >= 15 is 0 Å². The van der Waals surface area contributed by atoms with Gasteiger partial charge in [-0.15, -0.1) is 0 Å². The third kappa shape index (κ3) is 9.01. The first-order valence-electron chi connectivity index (χ1n) is 8.93. The predicted octanol–water partition coefficient (Wildman–Crippen LogP) is -3.14. The minimum absolute atomic E-state index is 0.102. The second-order valence-electron chi connectivity index (χ2n) is 6.39. The maximum Gasteiger partial charge on any atom is 0.326 e. The van der Waals surface area contributed by atoms with Crippen LogP contribution in [0.25, 0.3) is 0 Å². The standard InChI is InChI=1S/C16H26N8O6/c17-9(2-1-3-21-16(18)19)13(27)23-10(5-12(25)26)14(28)24-11(15(29)30)4-8-6-20-7-22-8/h6-7,9-11H,1-5,17H2,(H,20,22)(H,23,27)(H,24,28)(H,25,26)(H,29,30)(H4,18,19,21). The maximum atomic E-state index is 12.5. The van der Waals surface area contributed by atoms with Crippen molar-refractivity contribution in [2.45, 2.75) is 43.8 Å². The number of aromatic amines is 1. The molecule has 0 aromatic carbocycles. The van der Waals surface area contributed by atoms with Crippen LogP contribution in [0.5, 0.6) is 0 Å². The van der Waals surface area contributed by atoms with Crippen LogP contribution in [0.3, 0.4) is 0 Å². The summed E-state index contributed by atoms with van der Waals surface area (Å²) in [6, 6.07) is -3.91. The second-order valence-corrected chi connectivity index (χ2v) is 6.39. The predicted molar refractivity (Wildman–Crippen MR) is 104 cm³/mol. The molecule has 0 radical (unpaired) electrons. The zero-order valence-electron chi connectivity index (χ0n) is 16.1. The first-order valence-corrected chi connectivity index (χ1v) is 8.93. The lowest BCUT2D eigenvalue weighted by Gasteiger charge is -2.21. The number of hydrogen-bond acceptors (Lipinski definition) is 7. The number of carbonyl (C=O) groups excluding carboxylic acids is 2. The molecule has 11 N–H and O–H groups in total. The van der Waals surface area contributed by atoms with Gasteiger partial charge >= 0.3 is 11.9 Å². The molecule has 1 aromatic rings. The summed E-state index contributed by atoms with van der Waals surface area (Å²) >= 11 is 0. The van der Waals surface area contributed by atoms with Crippen molar-refractivity contribution >= 4 is 29.7 Å². The number of H-pyrrole nitrogens is 1. The minimum atomic E-state index is -1.51. The van der Waals surface area contributed by atoms with E-state index in [0.29, 0.717) is 12.1 Å². The number of imidazole rings is 1. The molecular formula is C16H26N8O6. The van der Waals surface area contributed by atoms with Crippen LogP contribution >= 0.6 is 0 Å². The fourth-order valence-electron chi connectivity index (χ4n) is 2.40. The number of hydrogen-bond donors (Lipinski definition) is 8. The number of amides is 2. The Morgan fingerprint density at radius 2 is 1.80 bits per heavy atom. The molecule has 30 heavy (non-hydrogen) atoms. The van der Waals surface area contributed by atoms with E-state index in [4.69, 9.17) is 22.3 Å². The topological polar surface area (TPSA) is 252 Å². The smallest absolute Gasteiger partial charge is 0.326 e. The number of aromatic nitrogens is 2. The molecule has 1 heterocycles. The molecule has 0 fully saturated rings. The van der Waals surface area contributed by atoms with Gasteiger partial charge in [-0.05, 0) is 12.8 Å². The molecule has 0 aliphatic carbocycles. The van der Waals surface area contributed by atoms with E-state index in [2.05, 4.69) is 25.6 Å². The molecule has 0 bridgehead atoms. The van der Waals surface area contributed by atoms with Gasteiger partial charge < -0.3 is 43.0 Å². The van der Waals surface area contributed by atoms with Crippen LogP contribution in [-0.2, 0) is 25.6 Å². The zero-order chi connectivity index (χ0) is 22.7. The van der Waals surface area contributed by atoms with Gasteiger partial charge in [-0.25, -0.2) is 9.78 Å². The average Bonchev–Trinajstić information content (AvgIpc) is 3.16. The molecule has 0 aliphatic heterocycles. The normalized spacial score (nSPS) is 13.5. The highest BCUT2D eigenvalue weighted by Gasteiger charge is 2.29. The quantitative estimate of drug-likeness (QED) is 0.0893. The van der Waals surface area contributed by atoms with Gasteiger partial charge in [0.2, 0.25) is 11.8 Å². The van der Waals surface area contributed by atoms with Gasteiger partial charge in [0, 0.05) is 24.9 Å². The van der Waals surface area contributed by atoms with Crippen LogP contribution in [0.1, 0.15) is 25.0 Å². The van der Waals surface area contributed by atoms with Crippen molar-refractivity contribution in [2.75, 3.05) is 6.54 Å². The molecule has 2 amide bonds. The molecule has 3 atom stereocenters. The summed E-state index contributed by atoms with van der Waals surface area (Å²) in [5.74, 6) is -4.53. The van der Waals surface area contributed by atoms with Crippen LogP contribution in [-0.4, -0.2) is 74.6 Å². The summed E-state index contributed by atoms with van der Waals surface area (Å²) in [6.45, 7) is 0.246. The number of carboxylic acids is 2. The van der Waals surface area contributed by atoms with Gasteiger partial charge in [0.05, 0.1) is 18.8 Å². The molecule has 1 aromatic heterocycles. The lowest BCUT2D eigenvalue weighted by atomic mass is 10.1. The number of carboxylic acid groups (broad SMARTS) is 2. The first kappa shape index (κ1) is 24.4. The summed E-state index contributed by atoms with van der Waals surface area (Å²) in [4.78, 5) is 57.4. The van der Waals surface area contributed by atoms with Crippen molar-refractivity contribution in [1.29, 1.82) is 0 Å². The number of aliphatic carboxylic acids is 2. The maximum absolute atomic E-state index is 12.5. The van der Waals surface area contributed by atoms with Crippen LogP contribution in [0.15, 0.2) is 17.5 Å².